The zero-order chi connectivity index (χ0) is 18.7. The smallest absolute Gasteiger partial charge is 0.419 e. The minimum atomic E-state index is -4.63. The van der Waals surface area contributed by atoms with Crippen molar-refractivity contribution >= 4 is 5.97 Å². The molecule has 5 rings (SSSR count). The van der Waals surface area contributed by atoms with Crippen LogP contribution in [0.15, 0.2) is 30.9 Å². The Balaban J connectivity index is 1.76. The molecule has 0 aliphatic heterocycles. The largest absolute Gasteiger partial charge is 0.545 e. The van der Waals surface area contributed by atoms with Gasteiger partial charge in [0.1, 0.15) is 11.4 Å². The lowest BCUT2D eigenvalue weighted by molar-refractivity contribution is -0.255. The highest BCUT2D eigenvalue weighted by molar-refractivity contribution is 5.86. The monoisotopic (exact) mass is 365 g/mol. The van der Waals surface area contributed by atoms with Crippen LogP contribution in [0.5, 0.6) is 5.75 Å². The molecule has 0 heterocycles. The number of ether oxygens (including phenoxy) is 1. The first-order chi connectivity index (χ1) is 12.2. The van der Waals surface area contributed by atoms with Gasteiger partial charge in [-0.3, -0.25) is 0 Å². The van der Waals surface area contributed by atoms with Gasteiger partial charge in [0.05, 0.1) is 11.5 Å². The van der Waals surface area contributed by atoms with Gasteiger partial charge in [-0.25, -0.2) is 0 Å². The molecule has 0 aromatic heterocycles. The maximum atomic E-state index is 13.5. The van der Waals surface area contributed by atoms with E-state index in [0.717, 1.165) is 43.9 Å². The number of rotatable bonds is 4. The van der Waals surface area contributed by atoms with Gasteiger partial charge in [0.2, 0.25) is 0 Å². The van der Waals surface area contributed by atoms with Gasteiger partial charge >= 0.3 is 6.18 Å². The van der Waals surface area contributed by atoms with Crippen molar-refractivity contribution < 1.29 is 27.8 Å². The maximum Gasteiger partial charge on any atom is 0.419 e. The Bertz CT molecular complexity index is 725. The Kier molecular flexibility index (Phi) is 3.86. The van der Waals surface area contributed by atoms with E-state index in [4.69, 9.17) is 4.74 Å². The molecule has 0 spiro atoms. The van der Waals surface area contributed by atoms with Crippen LogP contribution in [0.1, 0.15) is 48.0 Å². The zero-order valence-electron chi connectivity index (χ0n) is 14.2. The lowest BCUT2D eigenvalue weighted by Gasteiger charge is -2.59. The molecule has 0 unspecified atom stereocenters. The van der Waals surface area contributed by atoms with Gasteiger partial charge in [-0.05, 0) is 62.1 Å². The molecule has 6 heteroatoms. The van der Waals surface area contributed by atoms with Crippen LogP contribution in [-0.4, -0.2) is 11.6 Å². The van der Waals surface area contributed by atoms with Crippen LogP contribution in [0, 0.1) is 23.7 Å². The highest BCUT2D eigenvalue weighted by Gasteiger charge is 2.58. The lowest BCUT2D eigenvalue weighted by Crippen LogP contribution is -2.59. The van der Waals surface area contributed by atoms with E-state index in [-0.39, 0.29) is 17.4 Å². The highest BCUT2D eigenvalue weighted by Crippen LogP contribution is 2.60. The third-order valence-electron chi connectivity index (χ3n) is 6.54. The number of hydrogen-bond donors (Lipinski definition) is 0. The first kappa shape index (κ1) is 17.4. The van der Waals surface area contributed by atoms with Crippen LogP contribution >= 0.6 is 0 Å². The molecule has 0 atom stereocenters. The van der Waals surface area contributed by atoms with Gasteiger partial charge in [0.15, 0.2) is 0 Å². The van der Waals surface area contributed by atoms with Gasteiger partial charge < -0.3 is 14.6 Å². The Morgan fingerprint density at radius 1 is 1.15 bits per heavy atom. The predicted octanol–water partition coefficient (Wildman–Crippen LogP) is 3.83. The number of carbonyl (C=O) groups is 1. The fraction of sp³-hybridized carbons (Fsp3) is 0.550. The van der Waals surface area contributed by atoms with Gasteiger partial charge in [-0.1, -0.05) is 12.6 Å². The van der Waals surface area contributed by atoms with Gasteiger partial charge in [0.25, 0.3) is 0 Å². The normalized spacial score (nSPS) is 35.3. The summed E-state index contributed by atoms with van der Waals surface area (Å²) in [5, 5.41) is 11.1. The second-order valence-corrected chi connectivity index (χ2v) is 7.96. The first-order valence-electron chi connectivity index (χ1n) is 8.98. The number of alkyl halides is 3. The average molecular weight is 365 g/mol. The molecule has 0 radical (unpaired) electrons. The molecule has 0 amide bonds. The van der Waals surface area contributed by atoms with Crippen LogP contribution in [0.25, 0.3) is 0 Å². The molecule has 1 aromatic rings. The van der Waals surface area contributed by atoms with E-state index >= 15 is 0 Å². The number of hydrogen-bond acceptors (Lipinski definition) is 3. The van der Waals surface area contributed by atoms with E-state index in [1.165, 1.54) is 6.42 Å². The number of carboxylic acids is 1. The summed E-state index contributed by atoms with van der Waals surface area (Å²) in [6.07, 6.45) is 1.95. The van der Waals surface area contributed by atoms with Crippen LogP contribution in [0.2, 0.25) is 0 Å². The van der Waals surface area contributed by atoms with E-state index in [1.54, 1.807) is 6.08 Å². The minimum absolute atomic E-state index is 0.129. The summed E-state index contributed by atoms with van der Waals surface area (Å²) in [7, 11) is 0. The SMILES string of the molecule is C=CC1(Oc2cc(C(=O)[O-])ccc2C(F)(F)F)C2CC3CC(C2)CC1C3. The summed E-state index contributed by atoms with van der Waals surface area (Å²) in [5.74, 6) is -0.475. The molecule has 140 valence electrons. The van der Waals surface area contributed by atoms with Crippen molar-refractivity contribution in [1.29, 1.82) is 0 Å². The van der Waals surface area contributed by atoms with E-state index < -0.39 is 29.1 Å². The summed E-state index contributed by atoms with van der Waals surface area (Å²) in [6.45, 7) is 3.89. The summed E-state index contributed by atoms with van der Waals surface area (Å²) >= 11 is 0. The van der Waals surface area contributed by atoms with Crippen molar-refractivity contribution in [3.8, 4) is 5.75 Å². The second-order valence-electron chi connectivity index (χ2n) is 7.96. The fourth-order valence-corrected chi connectivity index (χ4v) is 5.62. The molecule has 4 aliphatic carbocycles. The summed E-state index contributed by atoms with van der Waals surface area (Å²) < 4.78 is 46.4. The average Bonchev–Trinajstić information content (AvgIpc) is 2.56. The Morgan fingerprint density at radius 2 is 1.73 bits per heavy atom. The molecule has 4 fully saturated rings. The van der Waals surface area contributed by atoms with Crippen LogP contribution in [0.3, 0.4) is 0 Å². The maximum absolute atomic E-state index is 13.5. The molecule has 4 aliphatic rings. The molecule has 3 nitrogen and oxygen atoms in total. The van der Waals surface area contributed by atoms with E-state index in [9.17, 15) is 23.1 Å². The van der Waals surface area contributed by atoms with Crippen LogP contribution in [0.4, 0.5) is 13.2 Å². The van der Waals surface area contributed by atoms with Crippen molar-refractivity contribution in [2.45, 2.75) is 43.9 Å². The number of halogens is 3. The Hall–Kier alpha value is -1.98. The van der Waals surface area contributed by atoms with Crippen LogP contribution < -0.4 is 9.84 Å². The number of aromatic carboxylic acids is 1. The van der Waals surface area contributed by atoms with E-state index in [0.29, 0.717) is 11.8 Å². The van der Waals surface area contributed by atoms with Crippen LogP contribution in [-0.2, 0) is 6.18 Å². The summed E-state index contributed by atoms with van der Waals surface area (Å²) in [5.41, 5.74) is -2.15. The molecule has 26 heavy (non-hydrogen) atoms. The van der Waals surface area contributed by atoms with Crippen molar-refractivity contribution in [3.63, 3.8) is 0 Å². The standard InChI is InChI=1S/C20H21F3O3/c1-2-19(14-6-11-5-12(8-14)9-15(19)7-11)26-17-10-13(18(24)25)3-4-16(17)20(21,22)23/h2-4,10-12,14-15H,1,5-9H2,(H,24,25)/p-1. The fourth-order valence-electron chi connectivity index (χ4n) is 5.62. The minimum Gasteiger partial charge on any atom is -0.545 e. The third kappa shape index (κ3) is 2.61. The number of benzene rings is 1. The number of carboxylic acid groups (broad SMARTS) is 1. The van der Waals surface area contributed by atoms with Crippen molar-refractivity contribution in [3.05, 3.63) is 42.0 Å². The predicted molar refractivity (Wildman–Crippen MR) is 86.4 cm³/mol. The first-order valence-corrected chi connectivity index (χ1v) is 8.98. The molecule has 1 aromatic carbocycles. The van der Waals surface area contributed by atoms with Gasteiger partial charge in [-0.2, -0.15) is 13.2 Å². The molecule has 4 bridgehead atoms. The van der Waals surface area contributed by atoms with E-state index in [2.05, 4.69) is 6.58 Å². The Labute approximate surface area is 149 Å². The highest BCUT2D eigenvalue weighted by atomic mass is 19.4. The van der Waals surface area contributed by atoms with Gasteiger partial charge in [0, 0.05) is 17.4 Å². The van der Waals surface area contributed by atoms with Crippen molar-refractivity contribution in [1.82, 2.24) is 0 Å². The topological polar surface area (TPSA) is 49.4 Å². The zero-order valence-corrected chi connectivity index (χ0v) is 14.2. The van der Waals surface area contributed by atoms with Crippen molar-refractivity contribution in [2.75, 3.05) is 0 Å². The van der Waals surface area contributed by atoms with Crippen molar-refractivity contribution in [2.24, 2.45) is 23.7 Å². The third-order valence-corrected chi connectivity index (χ3v) is 6.54. The number of carbonyl (C=O) groups excluding carboxylic acids is 1. The quantitative estimate of drug-likeness (QED) is 0.762. The molecule has 0 N–H and O–H groups in total. The second kappa shape index (κ2) is 5.76. The summed E-state index contributed by atoms with van der Waals surface area (Å²) in [6, 6.07) is 2.60. The van der Waals surface area contributed by atoms with E-state index in [1.807, 2.05) is 0 Å². The summed E-state index contributed by atoms with van der Waals surface area (Å²) in [4.78, 5) is 11.1. The van der Waals surface area contributed by atoms with Gasteiger partial charge in [-0.15, -0.1) is 0 Å². The Morgan fingerprint density at radius 3 is 2.19 bits per heavy atom. The molecule has 0 saturated heterocycles. The lowest BCUT2D eigenvalue weighted by atomic mass is 9.50. The molecule has 4 saturated carbocycles. The molecular formula is C20H20F3O3-. The molecular weight excluding hydrogens is 345 g/mol.